The van der Waals surface area contributed by atoms with E-state index >= 15 is 0 Å². The molecule has 0 aliphatic heterocycles. The second-order valence-corrected chi connectivity index (χ2v) is 5.68. The molecule has 0 radical (unpaired) electrons. The van der Waals surface area contributed by atoms with E-state index in [4.69, 9.17) is 5.26 Å². The van der Waals surface area contributed by atoms with Gasteiger partial charge in [0.15, 0.2) is 0 Å². The van der Waals surface area contributed by atoms with Gasteiger partial charge in [-0.2, -0.15) is 5.26 Å². The number of hydrogen-bond donors (Lipinski definition) is 2. The number of aromatic nitrogens is 1. The number of pyridine rings is 1. The fourth-order valence-corrected chi connectivity index (χ4v) is 2.81. The molecule has 5 heteroatoms. The SMILES string of the molecule is CCc1c(C)[nH]c(=O)c(N(C)C)c1CNc1ccc(C#N)cc1. The van der Waals surface area contributed by atoms with Crippen LogP contribution in [0.4, 0.5) is 11.4 Å². The zero-order valence-electron chi connectivity index (χ0n) is 14.0. The van der Waals surface area contributed by atoms with Crippen LogP contribution in [0.5, 0.6) is 0 Å². The normalized spacial score (nSPS) is 10.2. The highest BCUT2D eigenvalue weighted by Crippen LogP contribution is 2.22. The van der Waals surface area contributed by atoms with E-state index in [2.05, 4.69) is 23.3 Å². The average molecular weight is 310 g/mol. The molecule has 1 aromatic carbocycles. The van der Waals surface area contributed by atoms with Crippen molar-refractivity contribution in [2.45, 2.75) is 26.8 Å². The third kappa shape index (κ3) is 3.54. The Morgan fingerprint density at radius 2 is 1.87 bits per heavy atom. The average Bonchev–Trinajstić information content (AvgIpc) is 2.52. The van der Waals surface area contributed by atoms with E-state index < -0.39 is 0 Å². The Bertz CT molecular complexity index is 782. The van der Waals surface area contributed by atoms with Crippen LogP contribution in [-0.2, 0) is 13.0 Å². The van der Waals surface area contributed by atoms with Gasteiger partial charge in [-0.05, 0) is 43.2 Å². The maximum Gasteiger partial charge on any atom is 0.272 e. The number of nitriles is 1. The van der Waals surface area contributed by atoms with Gasteiger partial charge in [0.2, 0.25) is 0 Å². The van der Waals surface area contributed by atoms with Crippen molar-refractivity contribution in [2.24, 2.45) is 0 Å². The third-order valence-corrected chi connectivity index (χ3v) is 3.90. The summed E-state index contributed by atoms with van der Waals surface area (Å²) in [4.78, 5) is 17.1. The fraction of sp³-hybridized carbons (Fsp3) is 0.333. The van der Waals surface area contributed by atoms with E-state index in [-0.39, 0.29) is 5.56 Å². The predicted octanol–water partition coefficient (Wildman–Crippen LogP) is 2.80. The highest BCUT2D eigenvalue weighted by molar-refractivity contribution is 5.57. The molecule has 0 amide bonds. The molecule has 2 rings (SSSR count). The monoisotopic (exact) mass is 310 g/mol. The molecule has 0 fully saturated rings. The molecular weight excluding hydrogens is 288 g/mol. The second kappa shape index (κ2) is 7.01. The Kier molecular flexibility index (Phi) is 5.07. The maximum atomic E-state index is 12.3. The first-order valence-corrected chi connectivity index (χ1v) is 7.63. The van der Waals surface area contributed by atoms with Crippen LogP contribution in [0, 0.1) is 18.3 Å². The van der Waals surface area contributed by atoms with E-state index in [0.717, 1.165) is 28.9 Å². The zero-order valence-corrected chi connectivity index (χ0v) is 14.0. The zero-order chi connectivity index (χ0) is 17.0. The highest BCUT2D eigenvalue weighted by Gasteiger charge is 2.16. The molecule has 23 heavy (non-hydrogen) atoms. The molecule has 0 unspecified atom stereocenters. The van der Waals surface area contributed by atoms with Crippen molar-refractivity contribution in [3.63, 3.8) is 0 Å². The Morgan fingerprint density at radius 1 is 1.22 bits per heavy atom. The van der Waals surface area contributed by atoms with Crippen molar-refractivity contribution in [1.82, 2.24) is 4.98 Å². The Labute approximate surface area is 136 Å². The number of aryl methyl sites for hydroxylation is 1. The van der Waals surface area contributed by atoms with Crippen molar-refractivity contribution in [3.8, 4) is 6.07 Å². The first-order valence-electron chi connectivity index (χ1n) is 7.63. The number of anilines is 2. The Hall–Kier alpha value is -2.74. The standard InChI is InChI=1S/C18H22N4O/c1-5-15-12(2)21-18(23)17(22(3)4)16(15)11-20-14-8-6-13(10-19)7-9-14/h6-9,20H,5,11H2,1-4H3,(H,21,23). The largest absolute Gasteiger partial charge is 0.381 e. The molecule has 0 aliphatic carbocycles. The van der Waals surface area contributed by atoms with Crippen molar-refractivity contribution >= 4 is 11.4 Å². The van der Waals surface area contributed by atoms with Gasteiger partial charge >= 0.3 is 0 Å². The van der Waals surface area contributed by atoms with Crippen molar-refractivity contribution in [1.29, 1.82) is 5.26 Å². The smallest absolute Gasteiger partial charge is 0.272 e. The molecule has 1 aromatic heterocycles. The van der Waals surface area contributed by atoms with E-state index in [9.17, 15) is 4.79 Å². The summed E-state index contributed by atoms with van der Waals surface area (Å²) in [6, 6.07) is 9.41. The summed E-state index contributed by atoms with van der Waals surface area (Å²) in [7, 11) is 3.76. The van der Waals surface area contributed by atoms with Crippen molar-refractivity contribution in [2.75, 3.05) is 24.3 Å². The van der Waals surface area contributed by atoms with Gasteiger partial charge in [0, 0.05) is 37.6 Å². The molecule has 0 saturated carbocycles. The third-order valence-electron chi connectivity index (χ3n) is 3.90. The lowest BCUT2D eigenvalue weighted by atomic mass is 10.0. The summed E-state index contributed by atoms with van der Waals surface area (Å²) >= 11 is 0. The number of H-pyrrole nitrogens is 1. The molecule has 0 bridgehead atoms. The number of aromatic amines is 1. The molecular formula is C18H22N4O. The first-order chi connectivity index (χ1) is 11.0. The minimum Gasteiger partial charge on any atom is -0.381 e. The van der Waals surface area contributed by atoms with E-state index in [1.807, 2.05) is 38.1 Å². The summed E-state index contributed by atoms with van der Waals surface area (Å²) in [6.07, 6.45) is 0.855. The van der Waals surface area contributed by atoms with Gasteiger partial charge in [-0.1, -0.05) is 6.92 Å². The summed E-state index contributed by atoms with van der Waals surface area (Å²) in [5, 5.41) is 12.2. The van der Waals surface area contributed by atoms with E-state index in [1.54, 1.807) is 12.1 Å². The van der Waals surface area contributed by atoms with Gasteiger partial charge in [0.05, 0.1) is 11.6 Å². The molecule has 0 atom stereocenters. The van der Waals surface area contributed by atoms with Crippen LogP contribution >= 0.6 is 0 Å². The van der Waals surface area contributed by atoms with Crippen LogP contribution < -0.4 is 15.8 Å². The molecule has 0 spiro atoms. The maximum absolute atomic E-state index is 12.3. The first kappa shape index (κ1) is 16.6. The summed E-state index contributed by atoms with van der Waals surface area (Å²) in [6.45, 7) is 4.59. The number of benzene rings is 1. The number of nitrogens with one attached hydrogen (secondary N) is 2. The van der Waals surface area contributed by atoms with Crippen LogP contribution in [0.3, 0.4) is 0 Å². The van der Waals surface area contributed by atoms with E-state index in [1.165, 1.54) is 0 Å². The predicted molar refractivity (Wildman–Crippen MR) is 94.0 cm³/mol. The number of nitrogens with zero attached hydrogens (tertiary/aromatic N) is 2. The van der Waals surface area contributed by atoms with Crippen LogP contribution in [0.25, 0.3) is 0 Å². The van der Waals surface area contributed by atoms with Gasteiger partial charge in [-0.3, -0.25) is 4.79 Å². The number of hydrogen-bond acceptors (Lipinski definition) is 4. The summed E-state index contributed by atoms with van der Waals surface area (Å²) in [5.41, 5.74) is 5.27. The van der Waals surface area contributed by atoms with Gasteiger partial charge < -0.3 is 15.2 Å². The lowest BCUT2D eigenvalue weighted by molar-refractivity contribution is 0.939. The fourth-order valence-electron chi connectivity index (χ4n) is 2.81. The molecule has 0 saturated heterocycles. The summed E-state index contributed by atoms with van der Waals surface area (Å²) < 4.78 is 0. The van der Waals surface area contributed by atoms with Gasteiger partial charge in [-0.25, -0.2) is 0 Å². The minimum atomic E-state index is -0.0682. The van der Waals surface area contributed by atoms with E-state index in [0.29, 0.717) is 17.8 Å². The minimum absolute atomic E-state index is 0.0682. The molecule has 1 heterocycles. The lowest BCUT2D eigenvalue weighted by Gasteiger charge is -2.21. The van der Waals surface area contributed by atoms with Gasteiger partial charge in [-0.15, -0.1) is 0 Å². The molecule has 2 aromatic rings. The molecule has 5 nitrogen and oxygen atoms in total. The second-order valence-electron chi connectivity index (χ2n) is 5.68. The van der Waals surface area contributed by atoms with Crippen LogP contribution in [-0.4, -0.2) is 19.1 Å². The Balaban J connectivity index is 2.37. The van der Waals surface area contributed by atoms with Gasteiger partial charge in [0.25, 0.3) is 5.56 Å². The van der Waals surface area contributed by atoms with Crippen molar-refractivity contribution in [3.05, 3.63) is 57.0 Å². The van der Waals surface area contributed by atoms with Crippen LogP contribution in [0.2, 0.25) is 0 Å². The molecule has 2 N–H and O–H groups in total. The van der Waals surface area contributed by atoms with Gasteiger partial charge in [0.1, 0.15) is 5.69 Å². The summed E-state index contributed by atoms with van der Waals surface area (Å²) in [5.74, 6) is 0. The number of rotatable bonds is 5. The van der Waals surface area contributed by atoms with Crippen LogP contribution in [0.15, 0.2) is 29.1 Å². The molecule has 0 aliphatic rings. The highest BCUT2D eigenvalue weighted by atomic mass is 16.1. The topological polar surface area (TPSA) is 71.9 Å². The quantitative estimate of drug-likeness (QED) is 0.891. The molecule has 120 valence electrons. The van der Waals surface area contributed by atoms with Crippen LogP contribution in [0.1, 0.15) is 29.3 Å². The van der Waals surface area contributed by atoms with Crippen molar-refractivity contribution < 1.29 is 0 Å². The lowest BCUT2D eigenvalue weighted by Crippen LogP contribution is -2.26. The Morgan fingerprint density at radius 3 is 2.39 bits per heavy atom.